The number of carbonyl (C=O) groups is 1. The summed E-state index contributed by atoms with van der Waals surface area (Å²) in [6.45, 7) is 3.70. The number of nitrogen functional groups attached to an aromatic ring is 1. The number of piperidine rings is 1. The van der Waals surface area contributed by atoms with Crippen LogP contribution >= 0.6 is 11.3 Å². The summed E-state index contributed by atoms with van der Waals surface area (Å²) >= 11 is 1.25. The van der Waals surface area contributed by atoms with E-state index in [-0.39, 0.29) is 5.91 Å². The third-order valence-electron chi connectivity index (χ3n) is 5.94. The van der Waals surface area contributed by atoms with Gasteiger partial charge in [0, 0.05) is 24.8 Å². The molecular formula is C22H23N5O2S. The zero-order valence-electron chi connectivity index (χ0n) is 16.8. The Bertz CT molecular complexity index is 1090. The van der Waals surface area contributed by atoms with Crippen molar-refractivity contribution in [2.45, 2.75) is 31.8 Å². The largest absolute Gasteiger partial charge is 0.375 e. The van der Waals surface area contributed by atoms with Gasteiger partial charge in [0.25, 0.3) is 5.91 Å². The molecule has 7 nitrogen and oxygen atoms in total. The first-order valence-corrected chi connectivity index (χ1v) is 11.0. The van der Waals surface area contributed by atoms with Crippen LogP contribution < -0.4 is 5.73 Å². The average Bonchev–Trinajstić information content (AvgIpc) is 3.12. The lowest BCUT2D eigenvalue weighted by Gasteiger charge is -2.44. The van der Waals surface area contributed by atoms with Crippen molar-refractivity contribution in [1.29, 1.82) is 0 Å². The number of ether oxygens (including phenoxy) is 1. The Kier molecular flexibility index (Phi) is 4.75. The van der Waals surface area contributed by atoms with Crippen LogP contribution in [0.25, 0.3) is 11.4 Å². The summed E-state index contributed by atoms with van der Waals surface area (Å²) in [6.07, 6.45) is 4.18. The third-order valence-corrected chi connectivity index (χ3v) is 6.92. The van der Waals surface area contributed by atoms with Crippen molar-refractivity contribution in [3.63, 3.8) is 0 Å². The molecule has 1 saturated heterocycles. The number of benzene rings is 1. The number of hydrogen-bond acceptors (Lipinski definition) is 7. The van der Waals surface area contributed by atoms with Gasteiger partial charge in [-0.2, -0.15) is 0 Å². The quantitative estimate of drug-likeness (QED) is 0.683. The van der Waals surface area contributed by atoms with Gasteiger partial charge in [0.05, 0.1) is 18.0 Å². The van der Waals surface area contributed by atoms with E-state index in [2.05, 4.69) is 9.97 Å². The standard InChI is InChI=1S/C22H23N5O2S/c1-14-17(30-21(23)25-14)20(28)27-10-8-22(9-11-27)18-16(7-12-29-22)13-24-19(26-18)15-5-3-2-4-6-15/h2-6,13H,7-12H2,1H3,(H2,23,25). The third kappa shape index (κ3) is 3.26. The molecule has 0 unspecified atom stereocenters. The van der Waals surface area contributed by atoms with Crippen LogP contribution in [0.4, 0.5) is 5.13 Å². The number of thiazole rings is 1. The van der Waals surface area contributed by atoms with Crippen LogP contribution in [-0.2, 0) is 16.8 Å². The Morgan fingerprint density at radius 3 is 2.67 bits per heavy atom. The highest BCUT2D eigenvalue weighted by atomic mass is 32.1. The van der Waals surface area contributed by atoms with Crippen molar-refractivity contribution in [1.82, 2.24) is 19.9 Å². The molecule has 2 N–H and O–H groups in total. The van der Waals surface area contributed by atoms with Gasteiger partial charge in [-0.15, -0.1) is 0 Å². The zero-order chi connectivity index (χ0) is 20.7. The van der Waals surface area contributed by atoms with Gasteiger partial charge in [0.1, 0.15) is 10.5 Å². The van der Waals surface area contributed by atoms with Crippen molar-refractivity contribution in [2.75, 3.05) is 25.4 Å². The minimum Gasteiger partial charge on any atom is -0.375 e. The Balaban J connectivity index is 1.41. The van der Waals surface area contributed by atoms with Crippen LogP contribution in [0.1, 0.15) is 39.5 Å². The van der Waals surface area contributed by atoms with E-state index >= 15 is 0 Å². The molecule has 1 spiro atoms. The van der Waals surface area contributed by atoms with Gasteiger partial charge >= 0.3 is 0 Å². The summed E-state index contributed by atoms with van der Waals surface area (Å²) in [5.41, 5.74) is 9.13. The molecule has 0 saturated carbocycles. The second kappa shape index (κ2) is 7.45. The number of anilines is 1. The second-order valence-electron chi connectivity index (χ2n) is 7.79. The summed E-state index contributed by atoms with van der Waals surface area (Å²) in [5.74, 6) is 0.716. The van der Waals surface area contributed by atoms with Crippen LogP contribution in [0.5, 0.6) is 0 Å². The fraction of sp³-hybridized carbons (Fsp3) is 0.364. The molecule has 2 aliphatic rings. The number of likely N-dealkylation sites (tertiary alicyclic amines) is 1. The Morgan fingerprint density at radius 1 is 1.20 bits per heavy atom. The van der Waals surface area contributed by atoms with Crippen LogP contribution in [0.3, 0.4) is 0 Å². The predicted molar refractivity (Wildman–Crippen MR) is 115 cm³/mol. The number of carbonyl (C=O) groups excluding carboxylic acids is 1. The normalized spacial score (nSPS) is 17.7. The molecule has 5 rings (SSSR count). The number of amides is 1. The number of aryl methyl sites for hydroxylation is 1. The van der Waals surface area contributed by atoms with Crippen molar-refractivity contribution in [3.8, 4) is 11.4 Å². The number of nitrogens with two attached hydrogens (primary N) is 1. The van der Waals surface area contributed by atoms with Gasteiger partial charge in [0.15, 0.2) is 11.0 Å². The first kappa shape index (κ1) is 19.1. The van der Waals surface area contributed by atoms with Crippen molar-refractivity contribution < 1.29 is 9.53 Å². The fourth-order valence-electron chi connectivity index (χ4n) is 4.35. The molecule has 0 radical (unpaired) electrons. The zero-order valence-corrected chi connectivity index (χ0v) is 17.6. The van der Waals surface area contributed by atoms with Crippen molar-refractivity contribution in [3.05, 3.63) is 58.4 Å². The molecule has 1 fully saturated rings. The maximum absolute atomic E-state index is 13.0. The molecule has 3 aromatic rings. The highest BCUT2D eigenvalue weighted by molar-refractivity contribution is 7.17. The molecule has 4 heterocycles. The van der Waals surface area contributed by atoms with Crippen LogP contribution in [0.15, 0.2) is 36.5 Å². The van der Waals surface area contributed by atoms with E-state index in [0.29, 0.717) is 54.1 Å². The van der Waals surface area contributed by atoms with Crippen molar-refractivity contribution >= 4 is 22.4 Å². The lowest BCUT2D eigenvalue weighted by Crippen LogP contribution is -2.49. The van der Waals surface area contributed by atoms with Crippen molar-refractivity contribution in [2.24, 2.45) is 0 Å². The first-order chi connectivity index (χ1) is 14.6. The molecule has 0 aliphatic carbocycles. The minimum absolute atomic E-state index is 0.000227. The Hall–Kier alpha value is -2.84. The highest BCUT2D eigenvalue weighted by Crippen LogP contribution is 2.41. The van der Waals surface area contributed by atoms with E-state index in [1.807, 2.05) is 48.4 Å². The van der Waals surface area contributed by atoms with E-state index in [1.165, 1.54) is 11.3 Å². The van der Waals surface area contributed by atoms with Gasteiger partial charge < -0.3 is 15.4 Å². The lowest BCUT2D eigenvalue weighted by atomic mass is 9.83. The molecule has 0 atom stereocenters. The molecule has 30 heavy (non-hydrogen) atoms. The van der Waals surface area contributed by atoms with E-state index in [4.69, 9.17) is 15.5 Å². The molecule has 2 aliphatic heterocycles. The van der Waals surface area contributed by atoms with Crippen LogP contribution in [0.2, 0.25) is 0 Å². The monoisotopic (exact) mass is 421 g/mol. The summed E-state index contributed by atoms with van der Waals surface area (Å²) in [6, 6.07) is 9.99. The van der Waals surface area contributed by atoms with Gasteiger partial charge in [-0.05, 0) is 31.7 Å². The number of rotatable bonds is 2. The number of aromatic nitrogens is 3. The van der Waals surface area contributed by atoms with Gasteiger partial charge in [-0.3, -0.25) is 4.79 Å². The summed E-state index contributed by atoms with van der Waals surface area (Å²) in [4.78, 5) is 29.2. The maximum atomic E-state index is 13.0. The number of nitrogens with zero attached hydrogens (tertiary/aromatic N) is 4. The SMILES string of the molecule is Cc1nc(N)sc1C(=O)N1CCC2(CC1)OCCc1cnc(-c3ccccc3)nc12. The van der Waals surface area contributed by atoms with E-state index in [0.717, 1.165) is 23.2 Å². The molecule has 2 aromatic heterocycles. The van der Waals surface area contributed by atoms with Crippen LogP contribution in [-0.4, -0.2) is 45.5 Å². The Morgan fingerprint density at radius 2 is 1.97 bits per heavy atom. The Labute approximate surface area is 178 Å². The van der Waals surface area contributed by atoms with E-state index in [1.54, 1.807) is 0 Å². The molecular weight excluding hydrogens is 398 g/mol. The number of fused-ring (bicyclic) bond motifs is 2. The molecule has 8 heteroatoms. The first-order valence-electron chi connectivity index (χ1n) is 10.1. The van der Waals surface area contributed by atoms with Crippen LogP contribution in [0, 0.1) is 6.92 Å². The average molecular weight is 422 g/mol. The number of hydrogen-bond donors (Lipinski definition) is 1. The second-order valence-corrected chi connectivity index (χ2v) is 8.82. The molecule has 154 valence electrons. The smallest absolute Gasteiger partial charge is 0.265 e. The lowest BCUT2D eigenvalue weighted by molar-refractivity contribution is -0.0966. The highest BCUT2D eigenvalue weighted by Gasteiger charge is 2.43. The summed E-state index contributed by atoms with van der Waals surface area (Å²) < 4.78 is 6.33. The van der Waals surface area contributed by atoms with E-state index in [9.17, 15) is 4.79 Å². The van der Waals surface area contributed by atoms with Gasteiger partial charge in [0.2, 0.25) is 0 Å². The molecule has 1 aromatic carbocycles. The van der Waals surface area contributed by atoms with E-state index < -0.39 is 5.60 Å². The minimum atomic E-state index is -0.460. The maximum Gasteiger partial charge on any atom is 0.265 e. The molecule has 1 amide bonds. The summed E-state index contributed by atoms with van der Waals surface area (Å²) in [5, 5.41) is 0.430. The van der Waals surface area contributed by atoms with Gasteiger partial charge in [-0.1, -0.05) is 41.7 Å². The topological polar surface area (TPSA) is 94.2 Å². The predicted octanol–water partition coefficient (Wildman–Crippen LogP) is 3.19. The summed E-state index contributed by atoms with van der Waals surface area (Å²) in [7, 11) is 0. The van der Waals surface area contributed by atoms with Gasteiger partial charge in [-0.25, -0.2) is 15.0 Å². The fourth-order valence-corrected chi connectivity index (χ4v) is 5.15. The molecule has 0 bridgehead atoms.